The van der Waals surface area contributed by atoms with Gasteiger partial charge in [0.1, 0.15) is 0 Å². The normalized spacial score (nSPS) is 11.1. The third-order valence-corrected chi connectivity index (χ3v) is 5.60. The van der Waals surface area contributed by atoms with E-state index in [-0.39, 0.29) is 12.2 Å². The molecule has 1 heterocycles. The maximum Gasteiger partial charge on any atom is 0.282 e. The first-order valence-electron chi connectivity index (χ1n) is 10.5. The molecule has 0 atom stereocenters. The zero-order chi connectivity index (χ0) is 24.1. The fourth-order valence-corrected chi connectivity index (χ4v) is 4.12. The number of para-hydroxylation sites is 1. The lowest BCUT2D eigenvalue weighted by Crippen LogP contribution is -2.21. The van der Waals surface area contributed by atoms with Gasteiger partial charge in [-0.05, 0) is 59.3 Å². The molecule has 8 nitrogen and oxygen atoms in total. The summed E-state index contributed by atoms with van der Waals surface area (Å²) in [7, 11) is 0. The summed E-state index contributed by atoms with van der Waals surface area (Å²) in [4.78, 5) is 29.1. The zero-order valence-corrected chi connectivity index (χ0v) is 20.4. The van der Waals surface area contributed by atoms with Crippen molar-refractivity contribution in [3.63, 3.8) is 0 Å². The molecule has 0 fully saturated rings. The van der Waals surface area contributed by atoms with Gasteiger partial charge in [0.2, 0.25) is 0 Å². The summed E-state index contributed by atoms with van der Waals surface area (Å²) in [5, 5.41) is 4.96. The van der Waals surface area contributed by atoms with E-state index >= 15 is 0 Å². The highest BCUT2D eigenvalue weighted by molar-refractivity contribution is 14.1. The summed E-state index contributed by atoms with van der Waals surface area (Å²) in [6.45, 7) is 1.98. The van der Waals surface area contributed by atoms with Gasteiger partial charge in [-0.2, -0.15) is 9.78 Å². The molecule has 0 spiro atoms. The number of hydrogen-bond donors (Lipinski definition) is 1. The Morgan fingerprint density at radius 1 is 1.12 bits per heavy atom. The number of carbonyl (C=O) groups is 1. The highest BCUT2D eigenvalue weighted by Crippen LogP contribution is 2.34. The van der Waals surface area contributed by atoms with Gasteiger partial charge in [0.25, 0.3) is 11.5 Å². The van der Waals surface area contributed by atoms with Gasteiger partial charge in [0, 0.05) is 5.56 Å². The van der Waals surface area contributed by atoms with E-state index in [2.05, 4.69) is 27.7 Å². The number of amides is 1. The molecule has 0 saturated carbocycles. The van der Waals surface area contributed by atoms with E-state index in [4.69, 9.17) is 20.2 Å². The van der Waals surface area contributed by atoms with Crippen LogP contribution in [0.1, 0.15) is 12.5 Å². The van der Waals surface area contributed by atoms with Crippen LogP contribution in [0.3, 0.4) is 0 Å². The van der Waals surface area contributed by atoms with Crippen LogP contribution in [0.25, 0.3) is 22.3 Å². The Hall–Kier alpha value is -3.73. The van der Waals surface area contributed by atoms with Crippen LogP contribution >= 0.6 is 22.6 Å². The number of rotatable bonds is 8. The Labute approximate surface area is 209 Å². The van der Waals surface area contributed by atoms with Gasteiger partial charge in [0.05, 0.1) is 27.3 Å². The first-order valence-corrected chi connectivity index (χ1v) is 11.5. The lowest BCUT2D eigenvalue weighted by molar-refractivity contribution is -0.119. The largest absolute Gasteiger partial charge is 0.490 e. The van der Waals surface area contributed by atoms with Crippen molar-refractivity contribution in [3.8, 4) is 22.9 Å². The first-order chi connectivity index (χ1) is 16.5. The van der Waals surface area contributed by atoms with E-state index in [0.717, 1.165) is 5.56 Å². The molecule has 9 heteroatoms. The third kappa shape index (κ3) is 5.09. The van der Waals surface area contributed by atoms with Crippen LogP contribution < -0.4 is 20.8 Å². The van der Waals surface area contributed by atoms with Gasteiger partial charge in [-0.15, -0.1) is 0 Å². The maximum absolute atomic E-state index is 13.3. The molecule has 0 saturated heterocycles. The van der Waals surface area contributed by atoms with E-state index in [9.17, 15) is 9.59 Å². The molecule has 3 aromatic carbocycles. The quantitative estimate of drug-likeness (QED) is 0.257. The topological polar surface area (TPSA) is 109 Å². The fraction of sp³-hybridized carbons (Fsp3) is 0.120. The average Bonchev–Trinajstić information content (AvgIpc) is 2.83. The first kappa shape index (κ1) is 23.4. The van der Waals surface area contributed by atoms with E-state index in [1.54, 1.807) is 30.5 Å². The number of halogens is 1. The number of ether oxygens (including phenoxy) is 2. The number of hydrogen-bond acceptors (Lipinski definition) is 6. The summed E-state index contributed by atoms with van der Waals surface area (Å²) >= 11 is 2.09. The van der Waals surface area contributed by atoms with Crippen LogP contribution in [0.4, 0.5) is 0 Å². The Balaban J connectivity index is 1.81. The third-order valence-electron chi connectivity index (χ3n) is 4.80. The Morgan fingerprint density at radius 2 is 1.85 bits per heavy atom. The predicted molar refractivity (Wildman–Crippen MR) is 139 cm³/mol. The summed E-state index contributed by atoms with van der Waals surface area (Å²) in [6.07, 6.45) is 1.56. The molecule has 0 aliphatic heterocycles. The molecule has 1 amide bonds. The van der Waals surface area contributed by atoms with Crippen LogP contribution in [0.5, 0.6) is 11.5 Å². The van der Waals surface area contributed by atoms with Gasteiger partial charge < -0.3 is 15.2 Å². The van der Waals surface area contributed by atoms with E-state index in [1.807, 2.05) is 49.4 Å². The number of aromatic nitrogens is 2. The van der Waals surface area contributed by atoms with Gasteiger partial charge in [-0.25, -0.2) is 4.98 Å². The second-order valence-corrected chi connectivity index (χ2v) is 8.36. The minimum Gasteiger partial charge on any atom is -0.490 e. The zero-order valence-electron chi connectivity index (χ0n) is 18.3. The maximum atomic E-state index is 13.3. The molecule has 0 aliphatic carbocycles. The molecule has 1 aromatic heterocycles. The van der Waals surface area contributed by atoms with Crippen molar-refractivity contribution in [2.75, 3.05) is 13.2 Å². The molecule has 0 unspecified atom stereocenters. The van der Waals surface area contributed by atoms with Crippen molar-refractivity contribution < 1.29 is 14.3 Å². The number of nitrogens with zero attached hydrogens (tertiary/aromatic N) is 3. The SMILES string of the molecule is CCOc1cc(C=Nn2c(-c3ccccc3)nc3ccccc3c2=O)cc(I)c1OCC(N)=O. The molecular weight excluding hydrogens is 547 g/mol. The van der Waals surface area contributed by atoms with Crippen LogP contribution in [0.2, 0.25) is 0 Å². The number of carbonyl (C=O) groups excluding carboxylic acids is 1. The van der Waals surface area contributed by atoms with E-state index in [1.165, 1.54) is 4.68 Å². The van der Waals surface area contributed by atoms with Crippen LogP contribution in [0.15, 0.2) is 76.6 Å². The molecule has 34 heavy (non-hydrogen) atoms. The van der Waals surface area contributed by atoms with Crippen molar-refractivity contribution in [2.24, 2.45) is 10.8 Å². The highest BCUT2D eigenvalue weighted by Gasteiger charge is 2.14. The minimum absolute atomic E-state index is 0.262. The smallest absolute Gasteiger partial charge is 0.282 e. The Morgan fingerprint density at radius 3 is 2.59 bits per heavy atom. The van der Waals surface area contributed by atoms with Crippen molar-refractivity contribution in [1.82, 2.24) is 9.66 Å². The highest BCUT2D eigenvalue weighted by atomic mass is 127. The second-order valence-electron chi connectivity index (χ2n) is 7.20. The van der Waals surface area contributed by atoms with Crippen molar-refractivity contribution in [3.05, 3.63) is 86.2 Å². The van der Waals surface area contributed by atoms with E-state index < -0.39 is 5.91 Å². The van der Waals surface area contributed by atoms with Gasteiger partial charge in [-0.1, -0.05) is 42.5 Å². The molecule has 4 rings (SSSR count). The summed E-state index contributed by atoms with van der Waals surface area (Å²) < 4.78 is 13.2. The molecular formula is C25H21IN4O4. The lowest BCUT2D eigenvalue weighted by Gasteiger charge is -2.14. The summed E-state index contributed by atoms with van der Waals surface area (Å²) in [5.41, 5.74) is 6.97. The standard InChI is InChI=1S/C25H21IN4O4/c1-2-33-21-13-16(12-19(26)23(21)34-15-22(27)31)14-28-30-24(17-8-4-3-5-9-17)29-20-11-7-6-10-18(20)25(30)32/h3-14H,2,15H2,1H3,(H2,27,31). The fourth-order valence-electron chi connectivity index (χ4n) is 3.34. The summed E-state index contributed by atoms with van der Waals surface area (Å²) in [5.74, 6) is 0.722. The molecule has 2 N–H and O–H groups in total. The van der Waals surface area contributed by atoms with Crippen LogP contribution in [-0.2, 0) is 4.79 Å². The number of primary amides is 1. The predicted octanol–water partition coefficient (Wildman–Crippen LogP) is 3.81. The van der Waals surface area contributed by atoms with Crippen molar-refractivity contribution in [2.45, 2.75) is 6.92 Å². The van der Waals surface area contributed by atoms with Gasteiger partial charge in [0.15, 0.2) is 23.9 Å². The van der Waals surface area contributed by atoms with E-state index in [0.29, 0.717) is 44.0 Å². The van der Waals surface area contributed by atoms with Crippen LogP contribution in [-0.4, -0.2) is 35.0 Å². The average molecular weight is 568 g/mol. The molecule has 0 aliphatic rings. The number of benzene rings is 3. The Bertz CT molecular complexity index is 1430. The summed E-state index contributed by atoms with van der Waals surface area (Å²) in [6, 6.07) is 20.1. The number of fused-ring (bicyclic) bond motifs is 1. The van der Waals surface area contributed by atoms with Crippen LogP contribution in [0, 0.1) is 3.57 Å². The molecule has 4 aromatic rings. The van der Waals surface area contributed by atoms with Gasteiger partial charge >= 0.3 is 0 Å². The molecule has 0 radical (unpaired) electrons. The molecule has 0 bridgehead atoms. The minimum atomic E-state index is -0.583. The second kappa shape index (κ2) is 10.5. The van der Waals surface area contributed by atoms with Gasteiger partial charge in [-0.3, -0.25) is 9.59 Å². The number of nitrogens with two attached hydrogens (primary N) is 1. The monoisotopic (exact) mass is 568 g/mol. The van der Waals surface area contributed by atoms with Crippen molar-refractivity contribution >= 4 is 45.6 Å². The Kier molecular flexibility index (Phi) is 7.21. The molecule has 172 valence electrons. The lowest BCUT2D eigenvalue weighted by atomic mass is 10.2. The van der Waals surface area contributed by atoms with Crippen molar-refractivity contribution in [1.29, 1.82) is 0 Å².